The Kier molecular flexibility index (Phi) is 4.31. The van der Waals surface area contributed by atoms with Crippen molar-refractivity contribution < 1.29 is 9.18 Å². The van der Waals surface area contributed by atoms with Crippen molar-refractivity contribution in [3.8, 4) is 17.2 Å². The van der Waals surface area contributed by atoms with Crippen LogP contribution in [0.3, 0.4) is 0 Å². The minimum atomic E-state index is -0.436. The highest BCUT2D eigenvalue weighted by Gasteiger charge is 2.34. The van der Waals surface area contributed by atoms with E-state index in [0.29, 0.717) is 22.8 Å². The van der Waals surface area contributed by atoms with Crippen molar-refractivity contribution in [3.05, 3.63) is 83.4 Å². The van der Waals surface area contributed by atoms with Gasteiger partial charge in [-0.05, 0) is 18.6 Å². The Hall–Kier alpha value is -3.94. The highest BCUT2D eigenvalue weighted by molar-refractivity contribution is 5.95. The molecule has 0 bridgehead atoms. The third-order valence-corrected chi connectivity index (χ3v) is 5.19. The van der Waals surface area contributed by atoms with E-state index in [1.54, 1.807) is 24.4 Å². The summed E-state index contributed by atoms with van der Waals surface area (Å²) in [6.07, 6.45) is 1.71. The number of aryl methyl sites for hydroxylation is 1. The maximum absolute atomic E-state index is 14.5. The molecule has 148 valence electrons. The second kappa shape index (κ2) is 7.14. The number of hydrogen-bond acceptors (Lipinski definition) is 5. The van der Waals surface area contributed by atoms with E-state index in [-0.39, 0.29) is 24.1 Å². The van der Waals surface area contributed by atoms with Gasteiger partial charge in [0.15, 0.2) is 0 Å². The van der Waals surface area contributed by atoms with E-state index in [4.69, 9.17) is 0 Å². The molecule has 0 unspecified atom stereocenters. The molecule has 0 spiro atoms. The highest BCUT2D eigenvalue weighted by Crippen LogP contribution is 2.40. The lowest BCUT2D eigenvalue weighted by atomic mass is 9.85. The van der Waals surface area contributed by atoms with Crippen LogP contribution < -0.4 is 5.32 Å². The molecule has 0 aliphatic carbocycles. The van der Waals surface area contributed by atoms with Crippen LogP contribution in [0.2, 0.25) is 0 Å². The van der Waals surface area contributed by atoms with Gasteiger partial charge in [-0.2, -0.15) is 14.9 Å². The van der Waals surface area contributed by atoms with Crippen molar-refractivity contribution in [1.82, 2.24) is 25.0 Å². The lowest BCUT2D eigenvalue weighted by molar-refractivity contribution is -0.116. The molecule has 0 radical (unpaired) electrons. The van der Waals surface area contributed by atoms with Crippen molar-refractivity contribution in [3.63, 3.8) is 0 Å². The van der Waals surface area contributed by atoms with E-state index in [9.17, 15) is 9.18 Å². The average Bonchev–Trinajstić information content (AvgIpc) is 3.10. The van der Waals surface area contributed by atoms with Gasteiger partial charge in [0.25, 0.3) is 5.95 Å². The van der Waals surface area contributed by atoms with E-state index < -0.39 is 5.92 Å². The Bertz CT molecular complexity index is 1250. The fourth-order valence-corrected chi connectivity index (χ4v) is 3.85. The van der Waals surface area contributed by atoms with Crippen LogP contribution in [-0.4, -0.2) is 30.9 Å². The van der Waals surface area contributed by atoms with Crippen LogP contribution >= 0.6 is 0 Å². The molecule has 0 fully saturated rings. The molecule has 8 heteroatoms. The van der Waals surface area contributed by atoms with Gasteiger partial charge in [-0.15, -0.1) is 5.10 Å². The van der Waals surface area contributed by atoms with Gasteiger partial charge in [0.05, 0.1) is 17.6 Å². The number of nitrogens with one attached hydrogen (secondary N) is 1. The van der Waals surface area contributed by atoms with Crippen molar-refractivity contribution >= 4 is 11.7 Å². The maximum Gasteiger partial charge on any atom is 0.272 e. The first kappa shape index (κ1) is 18.1. The predicted octanol–water partition coefficient (Wildman–Crippen LogP) is 3.65. The third kappa shape index (κ3) is 3.02. The summed E-state index contributed by atoms with van der Waals surface area (Å²) in [5, 5.41) is 15.6. The first-order valence-electron chi connectivity index (χ1n) is 9.51. The molecule has 5 rings (SSSR count). The Morgan fingerprint density at radius 2 is 1.87 bits per heavy atom. The first-order valence-corrected chi connectivity index (χ1v) is 9.51. The van der Waals surface area contributed by atoms with Crippen LogP contribution in [-0.2, 0) is 4.79 Å². The molecule has 4 aromatic rings. The van der Waals surface area contributed by atoms with Crippen LogP contribution in [0.25, 0.3) is 17.2 Å². The number of fused-ring (bicyclic) bond motifs is 1. The molecule has 1 N–H and O–H groups in total. The number of carbonyl (C=O) groups is 1. The van der Waals surface area contributed by atoms with E-state index in [1.807, 2.05) is 37.3 Å². The summed E-state index contributed by atoms with van der Waals surface area (Å²) < 4.78 is 16.0. The van der Waals surface area contributed by atoms with Crippen LogP contribution in [0.5, 0.6) is 0 Å². The van der Waals surface area contributed by atoms with Gasteiger partial charge >= 0.3 is 0 Å². The fraction of sp³-hybridized carbons (Fsp3) is 0.136. The van der Waals surface area contributed by atoms with Crippen molar-refractivity contribution in [1.29, 1.82) is 0 Å². The van der Waals surface area contributed by atoms with E-state index >= 15 is 0 Å². The number of amides is 1. The van der Waals surface area contributed by atoms with Gasteiger partial charge in [0.2, 0.25) is 5.91 Å². The van der Waals surface area contributed by atoms with Gasteiger partial charge in [-0.1, -0.05) is 48.5 Å². The summed E-state index contributed by atoms with van der Waals surface area (Å²) >= 11 is 0. The standard InChI is InChI=1S/C22H17FN6O/c1-13-20-16(15-9-5-6-10-17(15)23)11-19(30)26-21(20)29(28-13)22-25-18(12-24-27-22)14-7-3-2-4-8-14/h2-10,12,16H,11H2,1H3,(H,26,30)/t16-/m1/s1. The molecular weight excluding hydrogens is 383 g/mol. The molecule has 2 aromatic heterocycles. The average molecular weight is 400 g/mol. The van der Waals surface area contributed by atoms with Crippen LogP contribution in [0.15, 0.2) is 60.8 Å². The first-order chi connectivity index (χ1) is 14.6. The largest absolute Gasteiger partial charge is 0.310 e. The summed E-state index contributed by atoms with van der Waals surface area (Å²) in [6.45, 7) is 1.83. The number of benzene rings is 2. The molecule has 2 aromatic carbocycles. The molecule has 1 atom stereocenters. The molecule has 3 heterocycles. The van der Waals surface area contributed by atoms with Crippen LogP contribution in [0.4, 0.5) is 10.2 Å². The zero-order valence-corrected chi connectivity index (χ0v) is 16.1. The summed E-state index contributed by atoms with van der Waals surface area (Å²) in [7, 11) is 0. The minimum absolute atomic E-state index is 0.142. The summed E-state index contributed by atoms with van der Waals surface area (Å²) in [5.74, 6) is -0.323. The molecule has 7 nitrogen and oxygen atoms in total. The molecule has 0 saturated carbocycles. The lowest BCUT2D eigenvalue weighted by Gasteiger charge is -2.24. The van der Waals surface area contributed by atoms with E-state index in [0.717, 1.165) is 11.1 Å². The summed E-state index contributed by atoms with van der Waals surface area (Å²) in [4.78, 5) is 17.0. The number of nitrogens with zero attached hydrogens (tertiary/aromatic N) is 5. The topological polar surface area (TPSA) is 85.6 Å². The van der Waals surface area contributed by atoms with Crippen molar-refractivity contribution in [2.24, 2.45) is 0 Å². The highest BCUT2D eigenvalue weighted by atomic mass is 19.1. The number of rotatable bonds is 3. The molecule has 1 aliphatic rings. The second-order valence-electron chi connectivity index (χ2n) is 7.09. The van der Waals surface area contributed by atoms with Gasteiger partial charge in [0, 0.05) is 23.5 Å². The quantitative estimate of drug-likeness (QED) is 0.567. The molecular formula is C22H17FN6O. The fourth-order valence-electron chi connectivity index (χ4n) is 3.85. The zero-order chi connectivity index (χ0) is 20.7. The lowest BCUT2D eigenvalue weighted by Crippen LogP contribution is -2.25. The Balaban J connectivity index is 1.64. The Labute approximate surface area is 171 Å². The smallest absolute Gasteiger partial charge is 0.272 e. The summed E-state index contributed by atoms with van der Waals surface area (Å²) in [5.41, 5.74) is 3.42. The van der Waals surface area contributed by atoms with Crippen molar-refractivity contribution in [2.75, 3.05) is 5.32 Å². The van der Waals surface area contributed by atoms with Gasteiger partial charge in [0.1, 0.15) is 11.6 Å². The third-order valence-electron chi connectivity index (χ3n) is 5.19. The number of anilines is 1. The van der Waals surface area contributed by atoms with Crippen LogP contribution in [0, 0.1) is 12.7 Å². The Morgan fingerprint density at radius 3 is 2.67 bits per heavy atom. The SMILES string of the molecule is Cc1nn(-c2nncc(-c3ccccc3)n2)c2c1[C@@H](c1ccccc1F)CC(=O)N2. The van der Waals surface area contributed by atoms with E-state index in [2.05, 4.69) is 25.6 Å². The number of carbonyl (C=O) groups excluding carboxylic acids is 1. The van der Waals surface area contributed by atoms with E-state index in [1.165, 1.54) is 10.7 Å². The molecule has 1 aliphatic heterocycles. The van der Waals surface area contributed by atoms with Crippen LogP contribution in [0.1, 0.15) is 29.2 Å². The van der Waals surface area contributed by atoms with Crippen molar-refractivity contribution in [2.45, 2.75) is 19.3 Å². The summed E-state index contributed by atoms with van der Waals surface area (Å²) in [6, 6.07) is 16.1. The number of hydrogen-bond donors (Lipinski definition) is 1. The molecule has 30 heavy (non-hydrogen) atoms. The molecule has 0 saturated heterocycles. The zero-order valence-electron chi connectivity index (χ0n) is 16.1. The minimum Gasteiger partial charge on any atom is -0.310 e. The Morgan fingerprint density at radius 1 is 1.10 bits per heavy atom. The number of halogens is 1. The second-order valence-corrected chi connectivity index (χ2v) is 7.09. The van der Waals surface area contributed by atoms with Gasteiger partial charge in [-0.3, -0.25) is 4.79 Å². The molecule has 1 amide bonds. The van der Waals surface area contributed by atoms with Gasteiger partial charge in [-0.25, -0.2) is 9.37 Å². The monoisotopic (exact) mass is 400 g/mol. The normalized spacial score (nSPS) is 15.5. The predicted molar refractivity (Wildman–Crippen MR) is 109 cm³/mol. The maximum atomic E-state index is 14.5. The van der Waals surface area contributed by atoms with Gasteiger partial charge < -0.3 is 5.32 Å². The number of aromatic nitrogens is 5.